The Kier molecular flexibility index (Phi) is 5.75. The normalized spacial score (nSPS) is 15.5. The highest BCUT2D eigenvalue weighted by molar-refractivity contribution is 7.80. The minimum absolute atomic E-state index is 0.0125. The van der Waals surface area contributed by atoms with Crippen LogP contribution in [0.15, 0.2) is 48.5 Å². The lowest BCUT2D eigenvalue weighted by Gasteiger charge is -2.37. The number of nitrogens with one attached hydrogen (secondary N) is 1. The molecule has 1 aliphatic rings. The Labute approximate surface area is 163 Å². The van der Waals surface area contributed by atoms with E-state index in [1.54, 1.807) is 12.1 Å². The maximum absolute atomic E-state index is 10.7. The van der Waals surface area contributed by atoms with Gasteiger partial charge in [0.1, 0.15) is 11.9 Å². The highest BCUT2D eigenvalue weighted by atomic mass is 32.1. The van der Waals surface area contributed by atoms with E-state index >= 15 is 0 Å². The first kappa shape index (κ1) is 18.9. The van der Waals surface area contributed by atoms with Crippen molar-refractivity contribution < 1.29 is 9.66 Å². The van der Waals surface area contributed by atoms with Gasteiger partial charge in [-0.2, -0.15) is 0 Å². The molecule has 0 fully saturated rings. The maximum Gasteiger partial charge on any atom is 0.269 e. The van der Waals surface area contributed by atoms with E-state index in [4.69, 9.17) is 17.0 Å². The highest BCUT2D eigenvalue weighted by Gasteiger charge is 2.26. The number of para-hydroxylation sites is 2. The zero-order chi connectivity index (χ0) is 19.4. The maximum atomic E-state index is 10.7. The zero-order valence-electron chi connectivity index (χ0n) is 15.3. The molecular formula is C19H22N4O3S. The number of hydrogen-bond donors (Lipinski definition) is 1. The molecule has 27 heavy (non-hydrogen) atoms. The number of rotatable bonds is 5. The molecule has 1 aliphatic heterocycles. The molecule has 0 saturated heterocycles. The number of anilines is 2. The summed E-state index contributed by atoms with van der Waals surface area (Å²) in [5.41, 5.74) is 1.88. The Morgan fingerprint density at radius 2 is 2.04 bits per heavy atom. The van der Waals surface area contributed by atoms with E-state index in [0.29, 0.717) is 17.3 Å². The molecule has 0 aliphatic carbocycles. The number of benzene rings is 2. The van der Waals surface area contributed by atoms with Crippen molar-refractivity contribution in [1.29, 1.82) is 0 Å². The number of likely N-dealkylation sites (N-methyl/N-ethyl adjacent to an activating group) is 2. The van der Waals surface area contributed by atoms with Gasteiger partial charge in [0, 0.05) is 31.4 Å². The summed E-state index contributed by atoms with van der Waals surface area (Å²) in [5.74, 6) is 0.887. The monoisotopic (exact) mass is 386 g/mol. The number of hydrogen-bond acceptors (Lipinski definition) is 5. The average Bonchev–Trinajstić information content (AvgIpc) is 2.67. The van der Waals surface area contributed by atoms with Gasteiger partial charge in [-0.3, -0.25) is 10.1 Å². The van der Waals surface area contributed by atoms with Gasteiger partial charge in [-0.25, -0.2) is 0 Å². The molecule has 0 saturated carbocycles. The van der Waals surface area contributed by atoms with Crippen molar-refractivity contribution in [3.8, 4) is 5.75 Å². The third kappa shape index (κ3) is 4.46. The molecule has 0 radical (unpaired) electrons. The van der Waals surface area contributed by atoms with Gasteiger partial charge in [-0.1, -0.05) is 12.1 Å². The Hall–Kier alpha value is -2.87. The van der Waals surface area contributed by atoms with Crippen LogP contribution in [0.5, 0.6) is 5.75 Å². The number of fused-ring (bicyclic) bond motifs is 1. The van der Waals surface area contributed by atoms with Gasteiger partial charge in [0.05, 0.1) is 23.7 Å². The van der Waals surface area contributed by atoms with Crippen LogP contribution >= 0.6 is 12.2 Å². The first-order valence-electron chi connectivity index (χ1n) is 8.75. The van der Waals surface area contributed by atoms with Gasteiger partial charge in [-0.15, -0.1) is 0 Å². The Bertz CT molecular complexity index is 828. The Balaban J connectivity index is 1.60. The summed E-state index contributed by atoms with van der Waals surface area (Å²) in [4.78, 5) is 14.5. The van der Waals surface area contributed by atoms with E-state index in [2.05, 4.69) is 23.2 Å². The molecule has 1 atom stereocenters. The molecule has 1 N–H and O–H groups in total. The van der Waals surface area contributed by atoms with E-state index in [1.807, 2.05) is 30.1 Å². The standard InChI is InChI=1S/C19H22N4O3S/c1-3-22-13-16(26-18-7-5-4-6-17(18)22)12-21(2)19(27)20-14-8-10-15(11-9-14)23(24)25/h4-11,16H,3,12-13H2,1-2H3,(H,20,27)/t16-/m0/s1. The topological polar surface area (TPSA) is 70.9 Å². The molecule has 2 aromatic carbocycles. The van der Waals surface area contributed by atoms with Crippen LogP contribution in [0.1, 0.15) is 6.92 Å². The molecule has 0 bridgehead atoms. The molecule has 0 aromatic heterocycles. The van der Waals surface area contributed by atoms with E-state index in [-0.39, 0.29) is 11.8 Å². The first-order chi connectivity index (χ1) is 13.0. The fourth-order valence-corrected chi connectivity index (χ4v) is 3.24. The number of nitro benzene ring substituents is 1. The fourth-order valence-electron chi connectivity index (χ4n) is 3.05. The summed E-state index contributed by atoms with van der Waals surface area (Å²) in [6.45, 7) is 4.46. The molecule has 3 rings (SSSR count). The van der Waals surface area contributed by atoms with Crippen LogP contribution in [0.2, 0.25) is 0 Å². The summed E-state index contributed by atoms with van der Waals surface area (Å²) >= 11 is 5.46. The summed E-state index contributed by atoms with van der Waals surface area (Å²) in [6, 6.07) is 14.2. The predicted octanol–water partition coefficient (Wildman–Crippen LogP) is 3.51. The van der Waals surface area contributed by atoms with Gasteiger partial charge >= 0.3 is 0 Å². The second-order valence-corrected chi connectivity index (χ2v) is 6.75. The Morgan fingerprint density at radius 3 is 2.70 bits per heavy atom. The summed E-state index contributed by atoms with van der Waals surface area (Å²) < 4.78 is 6.13. The van der Waals surface area contributed by atoms with Crippen molar-refractivity contribution in [2.75, 3.05) is 36.9 Å². The van der Waals surface area contributed by atoms with Crippen molar-refractivity contribution >= 4 is 34.4 Å². The van der Waals surface area contributed by atoms with E-state index in [0.717, 1.165) is 24.5 Å². The molecule has 7 nitrogen and oxygen atoms in total. The number of ether oxygens (including phenoxy) is 1. The zero-order valence-corrected chi connectivity index (χ0v) is 16.1. The lowest BCUT2D eigenvalue weighted by atomic mass is 10.2. The van der Waals surface area contributed by atoms with Gasteiger partial charge in [0.25, 0.3) is 5.69 Å². The lowest BCUT2D eigenvalue weighted by Crippen LogP contribution is -2.47. The van der Waals surface area contributed by atoms with Crippen LogP contribution in [-0.4, -0.2) is 47.7 Å². The molecule has 142 valence electrons. The summed E-state index contributed by atoms with van der Waals surface area (Å²) in [5, 5.41) is 14.4. The predicted molar refractivity (Wildman–Crippen MR) is 111 cm³/mol. The smallest absolute Gasteiger partial charge is 0.269 e. The van der Waals surface area contributed by atoms with Crippen LogP contribution in [0.25, 0.3) is 0 Å². The van der Waals surface area contributed by atoms with Crippen molar-refractivity contribution in [3.63, 3.8) is 0 Å². The Morgan fingerprint density at radius 1 is 1.33 bits per heavy atom. The molecule has 0 spiro atoms. The van der Waals surface area contributed by atoms with Crippen LogP contribution in [0.3, 0.4) is 0 Å². The second-order valence-electron chi connectivity index (χ2n) is 6.36. The van der Waals surface area contributed by atoms with E-state index in [1.165, 1.54) is 12.1 Å². The van der Waals surface area contributed by atoms with Gasteiger partial charge in [0.2, 0.25) is 0 Å². The van der Waals surface area contributed by atoms with Crippen LogP contribution < -0.4 is 15.0 Å². The SMILES string of the molecule is CCN1C[C@H](CN(C)C(=S)Nc2ccc([N+](=O)[O-])cc2)Oc2ccccc21. The van der Waals surface area contributed by atoms with Gasteiger partial charge in [0.15, 0.2) is 5.11 Å². The fraction of sp³-hybridized carbons (Fsp3) is 0.316. The van der Waals surface area contributed by atoms with Crippen molar-refractivity contribution in [1.82, 2.24) is 4.90 Å². The molecule has 2 aromatic rings. The summed E-state index contributed by atoms with van der Waals surface area (Å²) in [7, 11) is 1.90. The number of nitro groups is 1. The molecule has 0 amide bonds. The molecule has 1 heterocycles. The van der Waals surface area contributed by atoms with Gasteiger partial charge in [-0.05, 0) is 43.4 Å². The third-order valence-corrected chi connectivity index (χ3v) is 4.87. The number of nitrogens with zero attached hydrogens (tertiary/aromatic N) is 3. The number of thiocarbonyl (C=S) groups is 1. The third-order valence-electron chi connectivity index (χ3n) is 4.46. The minimum Gasteiger partial charge on any atom is -0.485 e. The minimum atomic E-state index is -0.425. The van der Waals surface area contributed by atoms with E-state index < -0.39 is 4.92 Å². The van der Waals surface area contributed by atoms with Crippen molar-refractivity contribution in [3.05, 3.63) is 58.6 Å². The van der Waals surface area contributed by atoms with Crippen molar-refractivity contribution in [2.24, 2.45) is 0 Å². The van der Waals surface area contributed by atoms with Crippen LogP contribution in [-0.2, 0) is 0 Å². The quantitative estimate of drug-likeness (QED) is 0.479. The second kappa shape index (κ2) is 8.22. The lowest BCUT2D eigenvalue weighted by molar-refractivity contribution is -0.384. The van der Waals surface area contributed by atoms with Gasteiger partial charge < -0.3 is 19.9 Å². The van der Waals surface area contributed by atoms with Crippen LogP contribution in [0.4, 0.5) is 17.1 Å². The first-order valence-corrected chi connectivity index (χ1v) is 9.16. The summed E-state index contributed by atoms with van der Waals surface area (Å²) in [6.07, 6.45) is -0.0125. The molecule has 0 unspecified atom stereocenters. The molecular weight excluding hydrogens is 364 g/mol. The average molecular weight is 386 g/mol. The number of non-ortho nitro benzene ring substituents is 1. The largest absolute Gasteiger partial charge is 0.485 e. The highest BCUT2D eigenvalue weighted by Crippen LogP contribution is 2.32. The molecule has 8 heteroatoms. The van der Waals surface area contributed by atoms with Crippen LogP contribution in [0, 0.1) is 10.1 Å². The van der Waals surface area contributed by atoms with Crippen molar-refractivity contribution in [2.45, 2.75) is 13.0 Å². The van der Waals surface area contributed by atoms with E-state index in [9.17, 15) is 10.1 Å².